The molecule has 3 N–H and O–H groups in total. The summed E-state index contributed by atoms with van der Waals surface area (Å²) < 4.78 is 1.20. The van der Waals surface area contributed by atoms with Crippen molar-refractivity contribution in [1.82, 2.24) is 4.57 Å². The highest BCUT2D eigenvalue weighted by atomic mass is 35.5. The molecule has 0 aliphatic heterocycles. The first-order valence-corrected chi connectivity index (χ1v) is 6.33. The maximum Gasteiger partial charge on any atom is 0.251 e. The number of halogens is 1. The van der Waals surface area contributed by atoms with Gasteiger partial charge in [0.05, 0.1) is 10.6 Å². The number of nitrogens with one attached hydrogen (secondary N) is 1. The highest BCUT2D eigenvalue weighted by Crippen LogP contribution is 2.19. The molecule has 0 saturated carbocycles. The Morgan fingerprint density at radius 2 is 2.14 bits per heavy atom. The molecule has 1 heterocycles. The van der Waals surface area contributed by atoms with Gasteiger partial charge in [-0.25, -0.2) is 0 Å². The van der Waals surface area contributed by atoms with Crippen molar-refractivity contribution in [3.8, 4) is 6.07 Å². The van der Waals surface area contributed by atoms with Gasteiger partial charge >= 0.3 is 0 Å². The van der Waals surface area contributed by atoms with E-state index in [0.29, 0.717) is 16.4 Å². The number of carbonyl (C=O) groups excluding carboxylic acids is 1. The molecule has 106 valence electrons. The molecule has 6 nitrogen and oxygen atoms in total. The summed E-state index contributed by atoms with van der Waals surface area (Å²) in [5.74, 6) is -0.408. The van der Waals surface area contributed by atoms with E-state index in [4.69, 9.17) is 22.6 Å². The molecule has 1 amide bonds. The molecule has 1 aromatic carbocycles. The Morgan fingerprint density at radius 3 is 2.86 bits per heavy atom. The summed E-state index contributed by atoms with van der Waals surface area (Å²) in [6.45, 7) is -0.172. The predicted molar refractivity (Wildman–Crippen MR) is 79.9 cm³/mol. The molecule has 0 saturated heterocycles. The van der Waals surface area contributed by atoms with Gasteiger partial charge in [0.25, 0.3) is 5.56 Å². The van der Waals surface area contributed by atoms with Crippen molar-refractivity contribution < 1.29 is 4.79 Å². The topological polar surface area (TPSA) is 101 Å². The number of nitrogens with two attached hydrogens (primary N) is 1. The second-order valence-corrected chi connectivity index (χ2v) is 4.69. The van der Waals surface area contributed by atoms with Crippen LogP contribution in [0.2, 0.25) is 5.02 Å². The van der Waals surface area contributed by atoms with Crippen molar-refractivity contribution in [2.75, 3.05) is 11.1 Å². The molecule has 2 aromatic rings. The summed E-state index contributed by atoms with van der Waals surface area (Å²) in [4.78, 5) is 23.5. The lowest BCUT2D eigenvalue weighted by Gasteiger charge is -2.08. The van der Waals surface area contributed by atoms with Gasteiger partial charge < -0.3 is 15.6 Å². The number of hydrogen-bond donors (Lipinski definition) is 2. The lowest BCUT2D eigenvalue weighted by atomic mass is 10.2. The number of anilines is 2. The zero-order valence-corrected chi connectivity index (χ0v) is 11.6. The summed E-state index contributed by atoms with van der Waals surface area (Å²) in [5.41, 5.74) is 6.32. The van der Waals surface area contributed by atoms with Crippen molar-refractivity contribution >= 4 is 28.9 Å². The second kappa shape index (κ2) is 6.11. The van der Waals surface area contributed by atoms with E-state index in [2.05, 4.69) is 5.32 Å². The molecule has 0 unspecified atom stereocenters. The zero-order chi connectivity index (χ0) is 15.4. The van der Waals surface area contributed by atoms with Crippen molar-refractivity contribution in [2.45, 2.75) is 6.54 Å². The number of nitrogens with zero attached hydrogens (tertiary/aromatic N) is 2. The van der Waals surface area contributed by atoms with Crippen LogP contribution >= 0.6 is 11.6 Å². The van der Waals surface area contributed by atoms with Gasteiger partial charge in [0, 0.05) is 23.6 Å². The molecule has 0 fully saturated rings. The number of benzene rings is 1. The number of carbonyl (C=O) groups is 1. The van der Waals surface area contributed by atoms with Crippen LogP contribution in [0.3, 0.4) is 0 Å². The molecule has 1 aromatic heterocycles. The van der Waals surface area contributed by atoms with E-state index in [1.165, 1.54) is 35.0 Å². The fourth-order valence-corrected chi connectivity index (χ4v) is 1.88. The van der Waals surface area contributed by atoms with Crippen LogP contribution in [0.4, 0.5) is 11.4 Å². The minimum Gasteiger partial charge on any atom is -0.398 e. The smallest absolute Gasteiger partial charge is 0.251 e. The van der Waals surface area contributed by atoms with Crippen molar-refractivity contribution in [1.29, 1.82) is 5.26 Å². The molecule has 0 bridgehead atoms. The first kappa shape index (κ1) is 14.6. The first-order valence-electron chi connectivity index (χ1n) is 5.95. The number of pyridine rings is 1. The summed E-state index contributed by atoms with van der Waals surface area (Å²) in [6.07, 6.45) is 1.39. The normalized spacial score (nSPS) is 9.90. The molecular formula is C14H11ClN4O2. The summed E-state index contributed by atoms with van der Waals surface area (Å²) in [6, 6.07) is 9.23. The van der Waals surface area contributed by atoms with E-state index in [1.807, 2.05) is 6.07 Å². The Hall–Kier alpha value is -2.78. The molecule has 2 rings (SSSR count). The van der Waals surface area contributed by atoms with Gasteiger partial charge in [-0.1, -0.05) is 11.6 Å². The zero-order valence-electron chi connectivity index (χ0n) is 10.8. The van der Waals surface area contributed by atoms with E-state index in [-0.39, 0.29) is 17.7 Å². The number of amides is 1. The third-order valence-electron chi connectivity index (χ3n) is 2.69. The Bertz CT molecular complexity index is 792. The van der Waals surface area contributed by atoms with E-state index < -0.39 is 5.91 Å². The fraction of sp³-hybridized carbons (Fsp3) is 0.0714. The van der Waals surface area contributed by atoms with E-state index >= 15 is 0 Å². The number of nitriles is 1. The van der Waals surface area contributed by atoms with Gasteiger partial charge in [0.15, 0.2) is 0 Å². The van der Waals surface area contributed by atoms with Crippen molar-refractivity contribution in [3.05, 3.63) is 57.5 Å². The first-order chi connectivity index (χ1) is 9.99. The minimum absolute atomic E-state index is 0.172. The van der Waals surface area contributed by atoms with E-state index in [0.717, 1.165) is 0 Å². The maximum absolute atomic E-state index is 11.9. The van der Waals surface area contributed by atoms with Crippen molar-refractivity contribution in [3.63, 3.8) is 0 Å². The van der Waals surface area contributed by atoms with Crippen LogP contribution in [0.15, 0.2) is 41.3 Å². The molecule has 0 atom stereocenters. The highest BCUT2D eigenvalue weighted by Gasteiger charge is 2.07. The lowest BCUT2D eigenvalue weighted by molar-refractivity contribution is -0.116. The van der Waals surface area contributed by atoms with Crippen LogP contribution in [-0.2, 0) is 11.3 Å². The van der Waals surface area contributed by atoms with Crippen LogP contribution in [-0.4, -0.2) is 10.5 Å². The average molecular weight is 303 g/mol. The number of hydrogen-bond acceptors (Lipinski definition) is 4. The van der Waals surface area contributed by atoms with Gasteiger partial charge in [-0.05, 0) is 24.3 Å². The number of rotatable bonds is 3. The van der Waals surface area contributed by atoms with Crippen LogP contribution in [0.5, 0.6) is 0 Å². The van der Waals surface area contributed by atoms with Gasteiger partial charge in [-0.3, -0.25) is 9.59 Å². The summed E-state index contributed by atoms with van der Waals surface area (Å²) in [5, 5.41) is 11.8. The van der Waals surface area contributed by atoms with Gasteiger partial charge in [-0.15, -0.1) is 0 Å². The molecule has 0 radical (unpaired) electrons. The average Bonchev–Trinajstić information content (AvgIpc) is 2.45. The molecule has 0 aliphatic rings. The lowest BCUT2D eigenvalue weighted by Crippen LogP contribution is -2.27. The molecule has 21 heavy (non-hydrogen) atoms. The fourth-order valence-electron chi connectivity index (χ4n) is 1.72. The number of nitrogen functional groups attached to an aromatic ring is 1. The van der Waals surface area contributed by atoms with Crippen LogP contribution in [0.25, 0.3) is 0 Å². The van der Waals surface area contributed by atoms with Crippen molar-refractivity contribution in [2.24, 2.45) is 0 Å². The minimum atomic E-state index is -0.408. The standard InChI is InChI=1S/C14H11ClN4O2/c15-12-3-2-11(5-9(12)6-16)18-13(20)8-19-7-10(17)1-4-14(19)21/h1-5,7H,8,17H2,(H,18,20). The third kappa shape index (κ3) is 3.61. The molecule has 7 heteroatoms. The predicted octanol–water partition coefficient (Wildman–Crippen LogP) is 1.59. The molecule has 0 spiro atoms. The molecular weight excluding hydrogens is 292 g/mol. The van der Waals surface area contributed by atoms with Crippen LogP contribution in [0, 0.1) is 11.3 Å². The highest BCUT2D eigenvalue weighted by molar-refractivity contribution is 6.31. The van der Waals surface area contributed by atoms with Gasteiger partial charge in [0.1, 0.15) is 12.6 Å². The quantitative estimate of drug-likeness (QED) is 0.899. The largest absolute Gasteiger partial charge is 0.398 e. The monoisotopic (exact) mass is 302 g/mol. The number of aromatic nitrogens is 1. The van der Waals surface area contributed by atoms with Crippen LogP contribution in [0.1, 0.15) is 5.56 Å². The van der Waals surface area contributed by atoms with E-state index in [9.17, 15) is 9.59 Å². The SMILES string of the molecule is N#Cc1cc(NC(=O)Cn2cc(N)ccc2=O)ccc1Cl. The Morgan fingerprint density at radius 1 is 1.38 bits per heavy atom. The van der Waals surface area contributed by atoms with Crippen LogP contribution < -0.4 is 16.6 Å². The van der Waals surface area contributed by atoms with Gasteiger partial charge in [0.2, 0.25) is 5.91 Å². The summed E-state index contributed by atoms with van der Waals surface area (Å²) >= 11 is 5.81. The molecule has 0 aliphatic carbocycles. The maximum atomic E-state index is 11.9. The Kier molecular flexibility index (Phi) is 4.26. The summed E-state index contributed by atoms with van der Waals surface area (Å²) in [7, 11) is 0. The van der Waals surface area contributed by atoms with Gasteiger partial charge in [-0.2, -0.15) is 5.26 Å². The van der Waals surface area contributed by atoms with E-state index in [1.54, 1.807) is 6.07 Å². The Balaban J connectivity index is 2.14. The Labute approximate surface area is 125 Å². The second-order valence-electron chi connectivity index (χ2n) is 4.28. The third-order valence-corrected chi connectivity index (χ3v) is 3.02.